The van der Waals surface area contributed by atoms with Crippen molar-refractivity contribution in [3.8, 4) is 11.8 Å². The van der Waals surface area contributed by atoms with E-state index in [0.29, 0.717) is 18.7 Å². The van der Waals surface area contributed by atoms with Gasteiger partial charge in [0.15, 0.2) is 0 Å². The standard InChI is InChI=1S/C17H22N2O4/c1-5-9-22-17(4,6-2)16(21)19-14-7-8-15(23-12(3)20)13(10-14)11-18/h7-8,10H,5-6,9H2,1-4H3,(H,19,21). The number of carbonyl (C=O) groups excluding carboxylic acids is 2. The first-order chi connectivity index (χ1) is 10.9. The van der Waals surface area contributed by atoms with Gasteiger partial charge in [-0.3, -0.25) is 9.59 Å². The van der Waals surface area contributed by atoms with Crippen molar-refractivity contribution in [1.29, 1.82) is 5.26 Å². The number of anilines is 1. The molecule has 1 aromatic rings. The van der Waals surface area contributed by atoms with E-state index in [1.54, 1.807) is 13.0 Å². The zero-order valence-corrected chi connectivity index (χ0v) is 13.9. The third-order valence-electron chi connectivity index (χ3n) is 3.39. The van der Waals surface area contributed by atoms with Crippen LogP contribution in [0.1, 0.15) is 46.1 Å². The molecule has 0 saturated heterocycles. The fourth-order valence-corrected chi connectivity index (χ4v) is 1.86. The summed E-state index contributed by atoms with van der Waals surface area (Å²) in [4.78, 5) is 23.4. The van der Waals surface area contributed by atoms with Gasteiger partial charge in [0.05, 0.1) is 5.56 Å². The van der Waals surface area contributed by atoms with Crippen molar-refractivity contribution in [3.63, 3.8) is 0 Å². The molecule has 1 N–H and O–H groups in total. The summed E-state index contributed by atoms with van der Waals surface area (Å²) in [5.74, 6) is -0.624. The zero-order valence-electron chi connectivity index (χ0n) is 13.9. The van der Waals surface area contributed by atoms with Crippen LogP contribution >= 0.6 is 0 Å². The molecule has 124 valence electrons. The van der Waals surface area contributed by atoms with Gasteiger partial charge in [0, 0.05) is 19.2 Å². The van der Waals surface area contributed by atoms with Crippen LogP contribution in [-0.4, -0.2) is 24.1 Å². The molecule has 0 saturated carbocycles. The Morgan fingerprint density at radius 2 is 2.04 bits per heavy atom. The number of ether oxygens (including phenoxy) is 2. The van der Waals surface area contributed by atoms with E-state index in [2.05, 4.69) is 5.32 Å². The molecular weight excluding hydrogens is 296 g/mol. The second-order valence-corrected chi connectivity index (χ2v) is 5.30. The summed E-state index contributed by atoms with van der Waals surface area (Å²) in [6.45, 7) is 7.33. The number of nitrogens with one attached hydrogen (secondary N) is 1. The van der Waals surface area contributed by atoms with Crippen molar-refractivity contribution in [1.82, 2.24) is 0 Å². The van der Waals surface area contributed by atoms with Gasteiger partial charge in [-0.2, -0.15) is 5.26 Å². The van der Waals surface area contributed by atoms with Crippen LogP contribution in [0.3, 0.4) is 0 Å². The minimum atomic E-state index is -0.933. The van der Waals surface area contributed by atoms with Crippen LogP contribution in [0.2, 0.25) is 0 Å². The molecule has 0 bridgehead atoms. The van der Waals surface area contributed by atoms with Crippen LogP contribution < -0.4 is 10.1 Å². The average molecular weight is 318 g/mol. The van der Waals surface area contributed by atoms with Crippen LogP contribution in [0.25, 0.3) is 0 Å². The minimum Gasteiger partial charge on any atom is -0.425 e. The molecule has 0 aromatic heterocycles. The van der Waals surface area contributed by atoms with Crippen LogP contribution in [0, 0.1) is 11.3 Å². The quantitative estimate of drug-likeness (QED) is 0.616. The van der Waals surface area contributed by atoms with Gasteiger partial charge in [-0.15, -0.1) is 0 Å². The number of carbonyl (C=O) groups is 2. The Labute approximate surface area is 136 Å². The maximum absolute atomic E-state index is 12.4. The molecule has 0 heterocycles. The van der Waals surface area contributed by atoms with Gasteiger partial charge < -0.3 is 14.8 Å². The summed E-state index contributed by atoms with van der Waals surface area (Å²) in [7, 11) is 0. The average Bonchev–Trinajstić information content (AvgIpc) is 2.53. The third-order valence-corrected chi connectivity index (χ3v) is 3.39. The van der Waals surface area contributed by atoms with Gasteiger partial charge in [-0.05, 0) is 38.0 Å². The highest BCUT2D eigenvalue weighted by Gasteiger charge is 2.32. The molecule has 1 rings (SSSR count). The Morgan fingerprint density at radius 3 is 2.57 bits per heavy atom. The van der Waals surface area contributed by atoms with Gasteiger partial charge in [-0.25, -0.2) is 0 Å². The highest BCUT2D eigenvalue weighted by Crippen LogP contribution is 2.24. The lowest BCUT2D eigenvalue weighted by atomic mass is 10.0. The SMILES string of the molecule is CCCOC(C)(CC)C(=O)Nc1ccc(OC(C)=O)c(C#N)c1. The first-order valence-electron chi connectivity index (χ1n) is 7.54. The number of nitrogens with zero attached hydrogens (tertiary/aromatic N) is 1. The largest absolute Gasteiger partial charge is 0.425 e. The molecule has 1 unspecified atom stereocenters. The summed E-state index contributed by atoms with van der Waals surface area (Å²) in [5.41, 5.74) is -0.315. The number of rotatable bonds is 7. The Bertz CT molecular complexity index is 622. The molecule has 1 amide bonds. The maximum atomic E-state index is 12.4. The molecule has 0 spiro atoms. The molecule has 0 aliphatic carbocycles. The molecule has 23 heavy (non-hydrogen) atoms. The van der Waals surface area contributed by atoms with Crippen LogP contribution in [0.15, 0.2) is 18.2 Å². The van der Waals surface area contributed by atoms with E-state index in [4.69, 9.17) is 14.7 Å². The summed E-state index contributed by atoms with van der Waals surface area (Å²) in [6.07, 6.45) is 1.34. The van der Waals surface area contributed by atoms with Crippen molar-refractivity contribution < 1.29 is 19.1 Å². The van der Waals surface area contributed by atoms with Crippen molar-refractivity contribution in [3.05, 3.63) is 23.8 Å². The van der Waals surface area contributed by atoms with E-state index in [9.17, 15) is 9.59 Å². The summed E-state index contributed by atoms with van der Waals surface area (Å²) >= 11 is 0. The molecule has 0 aliphatic heterocycles. The summed E-state index contributed by atoms with van der Waals surface area (Å²) < 4.78 is 10.6. The van der Waals surface area contributed by atoms with E-state index in [0.717, 1.165) is 6.42 Å². The Morgan fingerprint density at radius 1 is 1.35 bits per heavy atom. The molecule has 6 heteroatoms. The monoisotopic (exact) mass is 318 g/mol. The zero-order chi connectivity index (χ0) is 17.5. The Hall–Kier alpha value is -2.39. The van der Waals surface area contributed by atoms with Crippen molar-refractivity contribution >= 4 is 17.6 Å². The van der Waals surface area contributed by atoms with Gasteiger partial charge in [-0.1, -0.05) is 13.8 Å². The second kappa shape index (κ2) is 8.30. The number of amides is 1. The topological polar surface area (TPSA) is 88.4 Å². The summed E-state index contributed by atoms with van der Waals surface area (Å²) in [6, 6.07) is 6.46. The second-order valence-electron chi connectivity index (χ2n) is 5.30. The van der Waals surface area contributed by atoms with Crippen LogP contribution in [0.4, 0.5) is 5.69 Å². The normalized spacial score (nSPS) is 12.8. The fourth-order valence-electron chi connectivity index (χ4n) is 1.86. The van der Waals surface area contributed by atoms with Crippen molar-refractivity contribution in [2.45, 2.75) is 46.1 Å². The highest BCUT2D eigenvalue weighted by atomic mass is 16.5. The van der Waals surface area contributed by atoms with Gasteiger partial charge in [0.2, 0.25) is 0 Å². The predicted molar refractivity (Wildman–Crippen MR) is 86.0 cm³/mol. The van der Waals surface area contributed by atoms with Gasteiger partial charge >= 0.3 is 5.97 Å². The fraction of sp³-hybridized carbons (Fsp3) is 0.471. The van der Waals surface area contributed by atoms with Crippen LogP contribution in [0.5, 0.6) is 5.75 Å². The first kappa shape index (κ1) is 18.7. The van der Waals surface area contributed by atoms with Crippen molar-refractivity contribution in [2.75, 3.05) is 11.9 Å². The van der Waals surface area contributed by atoms with E-state index >= 15 is 0 Å². The molecule has 6 nitrogen and oxygen atoms in total. The lowest BCUT2D eigenvalue weighted by Gasteiger charge is -2.27. The van der Waals surface area contributed by atoms with E-state index in [-0.39, 0.29) is 17.2 Å². The van der Waals surface area contributed by atoms with Gasteiger partial charge in [0.1, 0.15) is 17.4 Å². The number of hydrogen-bond acceptors (Lipinski definition) is 5. The lowest BCUT2D eigenvalue weighted by Crippen LogP contribution is -2.42. The highest BCUT2D eigenvalue weighted by molar-refractivity contribution is 5.97. The maximum Gasteiger partial charge on any atom is 0.308 e. The molecular formula is C17H22N2O4. The van der Waals surface area contributed by atoms with E-state index < -0.39 is 11.6 Å². The first-order valence-corrected chi connectivity index (χ1v) is 7.54. The number of benzene rings is 1. The number of hydrogen-bond donors (Lipinski definition) is 1. The van der Waals surface area contributed by atoms with E-state index in [1.165, 1.54) is 19.1 Å². The van der Waals surface area contributed by atoms with Crippen molar-refractivity contribution in [2.24, 2.45) is 0 Å². The third kappa shape index (κ3) is 5.08. The molecule has 0 radical (unpaired) electrons. The molecule has 1 atom stereocenters. The molecule has 1 aromatic carbocycles. The number of esters is 1. The number of nitriles is 1. The molecule has 0 aliphatic rings. The van der Waals surface area contributed by atoms with Crippen LogP contribution in [-0.2, 0) is 14.3 Å². The van der Waals surface area contributed by atoms with E-state index in [1.807, 2.05) is 19.9 Å². The smallest absolute Gasteiger partial charge is 0.308 e. The molecule has 0 fully saturated rings. The minimum absolute atomic E-state index is 0.165. The Balaban J connectivity index is 2.94. The summed E-state index contributed by atoms with van der Waals surface area (Å²) in [5, 5.41) is 11.9. The lowest BCUT2D eigenvalue weighted by molar-refractivity contribution is -0.139. The van der Waals surface area contributed by atoms with Gasteiger partial charge in [0.25, 0.3) is 5.91 Å². The Kier molecular flexibility index (Phi) is 6.73. The predicted octanol–water partition coefficient (Wildman–Crippen LogP) is 3.02.